The average Bonchev–Trinajstić information content (AvgIpc) is 2.34. The highest BCUT2D eigenvalue weighted by atomic mass is 16.5. The van der Waals surface area contributed by atoms with Crippen molar-refractivity contribution in [2.24, 2.45) is 0 Å². The van der Waals surface area contributed by atoms with Gasteiger partial charge in [0.1, 0.15) is 0 Å². The SMILES string of the molecule is CCOC(=O)CCCNC(C)C(=O)NC(C)(C)CC. The van der Waals surface area contributed by atoms with Gasteiger partial charge in [-0.1, -0.05) is 6.92 Å². The maximum absolute atomic E-state index is 11.9. The zero-order valence-corrected chi connectivity index (χ0v) is 12.8. The number of nitrogens with one attached hydrogen (secondary N) is 2. The lowest BCUT2D eigenvalue weighted by atomic mass is 10.0. The van der Waals surface area contributed by atoms with Crippen LogP contribution in [0.3, 0.4) is 0 Å². The van der Waals surface area contributed by atoms with Gasteiger partial charge >= 0.3 is 5.97 Å². The molecule has 0 fully saturated rings. The van der Waals surface area contributed by atoms with Crippen LogP contribution in [0.5, 0.6) is 0 Å². The van der Waals surface area contributed by atoms with Crippen molar-refractivity contribution in [3.8, 4) is 0 Å². The van der Waals surface area contributed by atoms with Crippen molar-refractivity contribution >= 4 is 11.9 Å². The summed E-state index contributed by atoms with van der Waals surface area (Å²) in [7, 11) is 0. The lowest BCUT2D eigenvalue weighted by Gasteiger charge is -2.26. The van der Waals surface area contributed by atoms with Crippen LogP contribution in [0.2, 0.25) is 0 Å². The largest absolute Gasteiger partial charge is 0.466 e. The summed E-state index contributed by atoms with van der Waals surface area (Å²) in [5.74, 6) is -0.198. The highest BCUT2D eigenvalue weighted by Gasteiger charge is 2.21. The number of hydrogen-bond acceptors (Lipinski definition) is 4. The molecule has 5 nitrogen and oxygen atoms in total. The minimum atomic E-state index is -0.256. The van der Waals surface area contributed by atoms with Gasteiger partial charge in [-0.05, 0) is 47.1 Å². The molecule has 0 heterocycles. The third-order valence-corrected chi connectivity index (χ3v) is 3.05. The van der Waals surface area contributed by atoms with Crippen molar-refractivity contribution in [2.75, 3.05) is 13.2 Å². The van der Waals surface area contributed by atoms with Crippen molar-refractivity contribution in [1.29, 1.82) is 0 Å². The molecule has 0 saturated heterocycles. The molecule has 0 radical (unpaired) electrons. The topological polar surface area (TPSA) is 67.4 Å². The van der Waals surface area contributed by atoms with Gasteiger partial charge in [-0.25, -0.2) is 0 Å². The van der Waals surface area contributed by atoms with Gasteiger partial charge in [0.05, 0.1) is 12.6 Å². The van der Waals surface area contributed by atoms with E-state index in [0.717, 1.165) is 6.42 Å². The van der Waals surface area contributed by atoms with E-state index in [1.807, 2.05) is 27.7 Å². The molecule has 112 valence electrons. The molecular weight excluding hydrogens is 244 g/mol. The van der Waals surface area contributed by atoms with Crippen molar-refractivity contribution < 1.29 is 14.3 Å². The smallest absolute Gasteiger partial charge is 0.305 e. The Morgan fingerprint density at radius 1 is 1.26 bits per heavy atom. The number of ether oxygens (including phenoxy) is 1. The molecule has 0 spiro atoms. The van der Waals surface area contributed by atoms with Crippen LogP contribution < -0.4 is 10.6 Å². The maximum Gasteiger partial charge on any atom is 0.305 e. The van der Waals surface area contributed by atoms with Gasteiger partial charge in [0.2, 0.25) is 5.91 Å². The molecule has 2 N–H and O–H groups in total. The number of carbonyl (C=O) groups is 2. The Morgan fingerprint density at radius 2 is 1.89 bits per heavy atom. The summed E-state index contributed by atoms with van der Waals surface area (Å²) >= 11 is 0. The predicted molar refractivity (Wildman–Crippen MR) is 75.8 cm³/mol. The van der Waals surface area contributed by atoms with Gasteiger partial charge in [-0.3, -0.25) is 9.59 Å². The first-order valence-corrected chi connectivity index (χ1v) is 7.03. The van der Waals surface area contributed by atoms with Gasteiger partial charge in [0.25, 0.3) is 0 Å². The van der Waals surface area contributed by atoms with Crippen molar-refractivity contribution in [2.45, 2.75) is 65.5 Å². The maximum atomic E-state index is 11.9. The van der Waals surface area contributed by atoms with Crippen LogP contribution in [0.15, 0.2) is 0 Å². The van der Waals surface area contributed by atoms with Crippen molar-refractivity contribution in [3.63, 3.8) is 0 Å². The predicted octanol–water partition coefficient (Wildman–Crippen LogP) is 1.61. The Morgan fingerprint density at radius 3 is 2.42 bits per heavy atom. The fraction of sp³-hybridized carbons (Fsp3) is 0.857. The summed E-state index contributed by atoms with van der Waals surface area (Å²) in [6, 6.07) is -0.256. The lowest BCUT2D eigenvalue weighted by Crippen LogP contribution is -2.50. The number of hydrogen-bond donors (Lipinski definition) is 2. The van der Waals surface area contributed by atoms with Gasteiger partial charge < -0.3 is 15.4 Å². The zero-order valence-electron chi connectivity index (χ0n) is 12.8. The zero-order chi connectivity index (χ0) is 14.9. The third kappa shape index (κ3) is 8.59. The molecule has 0 aromatic rings. The van der Waals surface area contributed by atoms with E-state index in [1.165, 1.54) is 0 Å². The molecule has 0 aliphatic heterocycles. The standard InChI is InChI=1S/C14H28N2O3/c1-6-14(4,5)16-13(18)11(3)15-10-8-9-12(17)19-7-2/h11,15H,6-10H2,1-5H3,(H,16,18). The summed E-state index contributed by atoms with van der Waals surface area (Å²) in [6.07, 6.45) is 1.94. The van der Waals surface area contributed by atoms with Gasteiger partial charge in [0.15, 0.2) is 0 Å². The minimum absolute atomic E-state index is 0.0111. The Bertz CT molecular complexity index is 290. The summed E-state index contributed by atoms with van der Waals surface area (Å²) in [5.41, 5.74) is -0.183. The van der Waals surface area contributed by atoms with E-state index >= 15 is 0 Å². The number of rotatable bonds is 9. The highest BCUT2D eigenvalue weighted by molar-refractivity contribution is 5.81. The third-order valence-electron chi connectivity index (χ3n) is 3.05. The fourth-order valence-electron chi connectivity index (χ4n) is 1.41. The van der Waals surface area contributed by atoms with Crippen LogP contribution in [0.1, 0.15) is 53.9 Å². The first-order valence-electron chi connectivity index (χ1n) is 7.03. The molecule has 0 bridgehead atoms. The first-order chi connectivity index (χ1) is 8.82. The molecule has 0 aromatic carbocycles. The molecule has 1 amide bonds. The molecule has 0 aromatic heterocycles. The highest BCUT2D eigenvalue weighted by Crippen LogP contribution is 2.06. The fourth-order valence-corrected chi connectivity index (χ4v) is 1.41. The van der Waals surface area contributed by atoms with Crippen LogP contribution in [0.25, 0.3) is 0 Å². The van der Waals surface area contributed by atoms with E-state index < -0.39 is 0 Å². The summed E-state index contributed by atoms with van der Waals surface area (Å²) in [4.78, 5) is 23.0. The van der Waals surface area contributed by atoms with E-state index in [1.54, 1.807) is 6.92 Å². The van der Waals surface area contributed by atoms with E-state index in [-0.39, 0.29) is 23.5 Å². The second kappa shape index (κ2) is 8.91. The van der Waals surface area contributed by atoms with Crippen LogP contribution >= 0.6 is 0 Å². The quantitative estimate of drug-likeness (QED) is 0.494. The van der Waals surface area contributed by atoms with E-state index in [0.29, 0.717) is 26.0 Å². The normalized spacial score (nSPS) is 12.9. The number of esters is 1. The summed E-state index contributed by atoms with van der Waals surface area (Å²) in [5, 5.41) is 6.09. The molecule has 0 aliphatic rings. The molecular formula is C14H28N2O3. The molecule has 1 unspecified atom stereocenters. The number of amides is 1. The molecule has 1 atom stereocenters. The van der Waals surface area contributed by atoms with Crippen LogP contribution in [0, 0.1) is 0 Å². The average molecular weight is 272 g/mol. The molecule has 19 heavy (non-hydrogen) atoms. The molecule has 5 heteroatoms. The Balaban J connectivity index is 3.83. The van der Waals surface area contributed by atoms with E-state index in [4.69, 9.17) is 4.74 Å². The Hall–Kier alpha value is -1.10. The van der Waals surface area contributed by atoms with Crippen LogP contribution in [-0.2, 0) is 14.3 Å². The molecule has 0 aliphatic carbocycles. The number of carbonyl (C=O) groups excluding carboxylic acids is 2. The van der Waals surface area contributed by atoms with E-state index in [2.05, 4.69) is 10.6 Å². The van der Waals surface area contributed by atoms with Crippen LogP contribution in [0.4, 0.5) is 0 Å². The van der Waals surface area contributed by atoms with Gasteiger partial charge in [-0.15, -0.1) is 0 Å². The monoisotopic (exact) mass is 272 g/mol. The van der Waals surface area contributed by atoms with Gasteiger partial charge in [-0.2, -0.15) is 0 Å². The first kappa shape index (κ1) is 17.9. The van der Waals surface area contributed by atoms with Crippen LogP contribution in [-0.4, -0.2) is 36.6 Å². The van der Waals surface area contributed by atoms with Crippen molar-refractivity contribution in [3.05, 3.63) is 0 Å². The van der Waals surface area contributed by atoms with Gasteiger partial charge in [0, 0.05) is 12.0 Å². The van der Waals surface area contributed by atoms with Crippen molar-refractivity contribution in [1.82, 2.24) is 10.6 Å². The second-order valence-electron chi connectivity index (χ2n) is 5.31. The molecule has 0 saturated carbocycles. The Kier molecular flexibility index (Phi) is 8.39. The van der Waals surface area contributed by atoms with E-state index in [9.17, 15) is 9.59 Å². The summed E-state index contributed by atoms with van der Waals surface area (Å²) in [6.45, 7) is 10.7. The lowest BCUT2D eigenvalue weighted by molar-refractivity contribution is -0.143. The second-order valence-corrected chi connectivity index (χ2v) is 5.31. The summed E-state index contributed by atoms with van der Waals surface area (Å²) < 4.78 is 4.83. The minimum Gasteiger partial charge on any atom is -0.466 e. The molecule has 0 rings (SSSR count). The Labute approximate surface area is 116 Å².